The molecule has 5 rings (SSSR count). The Morgan fingerprint density at radius 2 is 2.00 bits per heavy atom. The van der Waals surface area contributed by atoms with Gasteiger partial charge in [-0.05, 0) is 73.8 Å². The third-order valence-corrected chi connectivity index (χ3v) is 7.96. The summed E-state index contributed by atoms with van der Waals surface area (Å²) in [6, 6.07) is 12.0. The van der Waals surface area contributed by atoms with Crippen molar-refractivity contribution in [1.82, 2.24) is 20.1 Å². The molecule has 33 heavy (non-hydrogen) atoms. The second-order valence-corrected chi connectivity index (χ2v) is 9.89. The van der Waals surface area contributed by atoms with E-state index in [1.807, 2.05) is 6.20 Å². The summed E-state index contributed by atoms with van der Waals surface area (Å²) < 4.78 is 5.27. The number of nitrogens with zero attached hydrogens (tertiary/aromatic N) is 4. The quantitative estimate of drug-likeness (QED) is 0.696. The van der Waals surface area contributed by atoms with Crippen LogP contribution in [-0.2, 0) is 24.1 Å². The summed E-state index contributed by atoms with van der Waals surface area (Å²) in [5.41, 5.74) is 7.06. The van der Waals surface area contributed by atoms with Gasteiger partial charge in [-0.15, -0.1) is 0 Å². The predicted molar refractivity (Wildman–Crippen MR) is 137 cm³/mol. The molecule has 3 heterocycles. The maximum Gasteiger partial charge on any atom is 0.259 e. The van der Waals surface area contributed by atoms with Crippen LogP contribution in [0.3, 0.4) is 0 Å². The molecule has 0 spiro atoms. The van der Waals surface area contributed by atoms with Gasteiger partial charge in [-0.25, -0.2) is 0 Å². The van der Waals surface area contributed by atoms with Gasteiger partial charge in [0, 0.05) is 57.2 Å². The van der Waals surface area contributed by atoms with E-state index in [1.54, 1.807) is 7.11 Å². The number of likely N-dealkylation sites (N-methyl/N-ethyl adjacent to an activating group) is 1. The minimum atomic E-state index is 0.422. The van der Waals surface area contributed by atoms with Crippen molar-refractivity contribution in [3.63, 3.8) is 0 Å². The zero-order valence-corrected chi connectivity index (χ0v) is 20.6. The zero-order valence-electron chi connectivity index (χ0n) is 19.8. The fourth-order valence-electron chi connectivity index (χ4n) is 5.77. The number of nitrogens with one attached hydrogen (secondary N) is 1. The largest absolute Gasteiger partial charge is 0.474 e. The summed E-state index contributed by atoms with van der Waals surface area (Å²) in [4.78, 5) is 12.0. The van der Waals surface area contributed by atoms with Gasteiger partial charge in [0.15, 0.2) is 0 Å². The number of piperazine rings is 1. The van der Waals surface area contributed by atoms with Crippen LogP contribution in [0.4, 0.5) is 5.69 Å². The molecule has 2 aliphatic heterocycles. The number of fused-ring (bicyclic) bond motifs is 2. The van der Waals surface area contributed by atoms with Gasteiger partial charge in [0.25, 0.3) is 5.17 Å². The SMILES string of the molecule is COC(=S)N1CCN(c2cccc3c2C[C@H](CN(C)[C@H]2CCCc4cccnc42)NC3)CC1. The molecule has 0 radical (unpaired) electrons. The molecule has 1 aliphatic carbocycles. The standard InChI is InChI=1S/C26H35N5OS/c1-29(24-10-3-6-19-8-5-11-27-25(19)24)18-21-16-22-20(17-28-21)7-4-9-23(22)30-12-14-31(15-13-30)26(33)32-2/h4-5,7-9,11,21,24,28H,3,6,10,12-18H2,1-2H3/t21-,24+/m1/s1. The highest BCUT2D eigenvalue weighted by Gasteiger charge is 2.29. The number of thiocarbonyl (C=S) groups is 1. The van der Waals surface area contributed by atoms with Crippen LogP contribution in [0.5, 0.6) is 0 Å². The number of benzene rings is 1. The number of aromatic nitrogens is 1. The topological polar surface area (TPSA) is 43.9 Å². The van der Waals surface area contributed by atoms with E-state index in [4.69, 9.17) is 21.9 Å². The van der Waals surface area contributed by atoms with Crippen LogP contribution in [0.15, 0.2) is 36.5 Å². The summed E-state index contributed by atoms with van der Waals surface area (Å²) >= 11 is 5.33. The minimum Gasteiger partial charge on any atom is -0.474 e. The van der Waals surface area contributed by atoms with E-state index in [-0.39, 0.29) is 0 Å². The molecule has 0 unspecified atom stereocenters. The van der Waals surface area contributed by atoms with Crippen LogP contribution in [0.25, 0.3) is 0 Å². The second kappa shape index (κ2) is 9.95. The first-order valence-electron chi connectivity index (χ1n) is 12.2. The van der Waals surface area contributed by atoms with Crippen LogP contribution in [-0.4, -0.2) is 72.9 Å². The third kappa shape index (κ3) is 4.72. The molecule has 1 fully saturated rings. The fraction of sp³-hybridized carbons (Fsp3) is 0.538. The molecule has 0 bridgehead atoms. The molecule has 2 aromatic rings. The van der Waals surface area contributed by atoms with Crippen LogP contribution in [0, 0.1) is 0 Å². The second-order valence-electron chi connectivity index (χ2n) is 9.54. The normalized spacial score (nSPS) is 22.6. The smallest absolute Gasteiger partial charge is 0.259 e. The van der Waals surface area contributed by atoms with E-state index in [9.17, 15) is 0 Å². The maximum absolute atomic E-state index is 5.33. The minimum absolute atomic E-state index is 0.422. The van der Waals surface area contributed by atoms with E-state index in [0.717, 1.165) is 52.1 Å². The highest BCUT2D eigenvalue weighted by molar-refractivity contribution is 7.80. The first-order valence-corrected chi connectivity index (χ1v) is 12.6. The molecule has 176 valence electrons. The molecule has 0 amide bonds. The molecule has 6 nitrogen and oxygen atoms in total. The number of pyridine rings is 1. The number of rotatable bonds is 4. The zero-order chi connectivity index (χ0) is 22.8. The van der Waals surface area contributed by atoms with Crippen LogP contribution in [0.1, 0.15) is 41.3 Å². The Morgan fingerprint density at radius 1 is 1.18 bits per heavy atom. The summed E-state index contributed by atoms with van der Waals surface area (Å²) in [7, 11) is 3.93. The molecule has 2 atom stereocenters. The molecule has 1 aromatic heterocycles. The Labute approximate surface area is 202 Å². The summed E-state index contributed by atoms with van der Waals surface area (Å²) in [6.45, 7) is 5.74. The number of aryl methyl sites for hydroxylation is 1. The van der Waals surface area contributed by atoms with Crippen molar-refractivity contribution >= 4 is 23.1 Å². The number of hydrogen-bond donors (Lipinski definition) is 1. The van der Waals surface area contributed by atoms with Gasteiger partial charge in [0.05, 0.1) is 18.8 Å². The lowest BCUT2D eigenvalue weighted by atomic mass is 9.89. The summed E-state index contributed by atoms with van der Waals surface area (Å²) in [5, 5.41) is 4.41. The van der Waals surface area contributed by atoms with Crippen molar-refractivity contribution in [2.45, 2.75) is 44.3 Å². The third-order valence-electron chi connectivity index (χ3n) is 7.54. The first-order chi connectivity index (χ1) is 16.1. The number of hydrogen-bond acceptors (Lipinski definition) is 6. The van der Waals surface area contributed by atoms with E-state index in [0.29, 0.717) is 17.3 Å². The molecule has 3 aliphatic rings. The Hall–Kier alpha value is -2.22. The van der Waals surface area contributed by atoms with Gasteiger partial charge in [0.2, 0.25) is 0 Å². The van der Waals surface area contributed by atoms with Crippen LogP contribution in [0.2, 0.25) is 0 Å². The molecule has 1 aromatic carbocycles. The van der Waals surface area contributed by atoms with E-state index in [1.165, 1.54) is 40.9 Å². The van der Waals surface area contributed by atoms with Gasteiger partial charge < -0.3 is 19.9 Å². The molecular weight excluding hydrogens is 430 g/mol. The predicted octanol–water partition coefficient (Wildman–Crippen LogP) is 3.16. The molecule has 0 saturated carbocycles. The Bertz CT molecular complexity index is 990. The lowest BCUT2D eigenvalue weighted by molar-refractivity contribution is 0.191. The Morgan fingerprint density at radius 3 is 2.82 bits per heavy atom. The van der Waals surface area contributed by atoms with E-state index >= 15 is 0 Å². The maximum atomic E-state index is 5.33. The molecule has 7 heteroatoms. The highest BCUT2D eigenvalue weighted by atomic mass is 32.1. The first kappa shape index (κ1) is 22.6. The van der Waals surface area contributed by atoms with Crippen molar-refractivity contribution in [2.75, 3.05) is 51.8 Å². The van der Waals surface area contributed by atoms with Gasteiger partial charge in [-0.3, -0.25) is 9.88 Å². The van der Waals surface area contributed by atoms with Crippen molar-refractivity contribution in [2.24, 2.45) is 0 Å². The Kier molecular flexibility index (Phi) is 6.81. The lowest BCUT2D eigenvalue weighted by Crippen LogP contribution is -2.49. The number of ether oxygens (including phenoxy) is 1. The van der Waals surface area contributed by atoms with E-state index in [2.05, 4.69) is 57.4 Å². The highest BCUT2D eigenvalue weighted by Crippen LogP contribution is 2.33. The number of anilines is 1. The summed E-state index contributed by atoms with van der Waals surface area (Å²) in [6.07, 6.45) is 6.62. The van der Waals surface area contributed by atoms with Gasteiger partial charge >= 0.3 is 0 Å². The Balaban J connectivity index is 1.27. The molecule has 1 N–H and O–H groups in total. The monoisotopic (exact) mass is 465 g/mol. The van der Waals surface area contributed by atoms with Crippen LogP contribution < -0.4 is 10.2 Å². The number of methoxy groups -OCH3 is 1. The van der Waals surface area contributed by atoms with Gasteiger partial charge in [0.1, 0.15) is 0 Å². The summed E-state index contributed by atoms with van der Waals surface area (Å²) in [5.74, 6) is 0. The fourth-order valence-corrected chi connectivity index (χ4v) is 5.95. The van der Waals surface area contributed by atoms with E-state index < -0.39 is 0 Å². The van der Waals surface area contributed by atoms with Gasteiger partial charge in [-0.2, -0.15) is 0 Å². The van der Waals surface area contributed by atoms with Crippen LogP contribution >= 0.6 is 12.2 Å². The molecular formula is C26H35N5OS. The van der Waals surface area contributed by atoms with Crippen molar-refractivity contribution in [1.29, 1.82) is 0 Å². The lowest BCUT2D eigenvalue weighted by Gasteiger charge is -2.40. The molecule has 1 saturated heterocycles. The average molecular weight is 466 g/mol. The van der Waals surface area contributed by atoms with Gasteiger partial charge in [-0.1, -0.05) is 18.2 Å². The average Bonchev–Trinajstić information content (AvgIpc) is 2.87. The van der Waals surface area contributed by atoms with Crippen molar-refractivity contribution < 1.29 is 4.74 Å². The van der Waals surface area contributed by atoms with Crippen molar-refractivity contribution in [3.05, 3.63) is 58.9 Å². The van der Waals surface area contributed by atoms with Crippen molar-refractivity contribution in [3.8, 4) is 0 Å².